The quantitative estimate of drug-likeness (QED) is 0.621. The zero-order valence-corrected chi connectivity index (χ0v) is 17.2. The molecule has 0 amide bonds. The molecule has 7 nitrogen and oxygen atoms in total. The summed E-state index contributed by atoms with van der Waals surface area (Å²) in [6.45, 7) is -1.94. The molecule has 3 rings (SSSR count). The number of hydrogen-bond acceptors (Lipinski definition) is 6. The highest BCUT2D eigenvalue weighted by Crippen LogP contribution is 2.34. The molecular weight excluding hydrogens is 456 g/mol. The molecule has 1 saturated heterocycles. The van der Waals surface area contributed by atoms with Gasteiger partial charge in [-0.2, -0.15) is 22.7 Å². The van der Waals surface area contributed by atoms with Crippen LogP contribution in [0.25, 0.3) is 0 Å². The predicted molar refractivity (Wildman–Crippen MR) is 102 cm³/mol. The number of alkyl halides is 3. The molecule has 32 heavy (non-hydrogen) atoms. The van der Waals surface area contributed by atoms with Crippen molar-refractivity contribution in [2.45, 2.75) is 16.7 Å². The Bertz CT molecular complexity index is 1130. The van der Waals surface area contributed by atoms with Gasteiger partial charge in [-0.15, -0.1) is 0 Å². The molecule has 2 aromatic carbocycles. The molecule has 172 valence electrons. The number of halogens is 4. The largest absolute Gasteiger partial charge is 0.493 e. The molecule has 0 saturated carbocycles. The van der Waals surface area contributed by atoms with E-state index in [1.165, 1.54) is 0 Å². The van der Waals surface area contributed by atoms with E-state index >= 15 is 0 Å². The van der Waals surface area contributed by atoms with E-state index in [9.17, 15) is 36.2 Å². The van der Waals surface area contributed by atoms with Gasteiger partial charge in [0.25, 0.3) is 0 Å². The Balaban J connectivity index is 1.79. The van der Waals surface area contributed by atoms with Crippen molar-refractivity contribution >= 4 is 10.0 Å². The summed E-state index contributed by atoms with van der Waals surface area (Å²) in [5.74, 6) is -1.67. The molecule has 0 aliphatic carbocycles. The highest BCUT2D eigenvalue weighted by Gasteiger charge is 2.49. The van der Waals surface area contributed by atoms with Crippen molar-refractivity contribution in [3.8, 4) is 11.8 Å². The minimum atomic E-state index is -4.52. The summed E-state index contributed by atoms with van der Waals surface area (Å²) in [4.78, 5) is -0.453. The summed E-state index contributed by atoms with van der Waals surface area (Å²) in [5.41, 5.74) is -3.18. The van der Waals surface area contributed by atoms with E-state index in [1.807, 2.05) is 0 Å². The second-order valence-electron chi connectivity index (χ2n) is 7.34. The normalized spacial score (nSPS) is 22.0. The molecule has 0 aromatic heterocycles. The average Bonchev–Trinajstić information content (AvgIpc) is 3.09. The van der Waals surface area contributed by atoms with Crippen molar-refractivity contribution in [1.29, 1.82) is 5.26 Å². The Hall–Kier alpha value is -2.72. The zero-order chi connectivity index (χ0) is 23.7. The lowest BCUT2D eigenvalue weighted by Gasteiger charge is -2.26. The van der Waals surface area contributed by atoms with E-state index in [-0.39, 0.29) is 18.9 Å². The van der Waals surface area contributed by atoms with Gasteiger partial charge in [-0.25, -0.2) is 12.8 Å². The van der Waals surface area contributed by atoms with Crippen LogP contribution < -0.4 is 4.74 Å². The van der Waals surface area contributed by atoms with Gasteiger partial charge in [-0.3, -0.25) is 0 Å². The van der Waals surface area contributed by atoms with Gasteiger partial charge in [0.2, 0.25) is 10.0 Å². The van der Waals surface area contributed by atoms with Crippen molar-refractivity contribution in [2.24, 2.45) is 5.92 Å². The maximum absolute atomic E-state index is 13.4. The molecule has 2 N–H and O–H groups in total. The minimum absolute atomic E-state index is 0.0601. The van der Waals surface area contributed by atoms with Gasteiger partial charge in [0, 0.05) is 19.0 Å². The standard InChI is InChI=1S/C20H18F4N2O5S/c21-16-3-6-18(13(7-16)8-25)32(29,30)26-9-15(19(28,11-26)12-27)10-31-17-4-1-14(2-5-17)20(22,23)24/h1-7,15,27-28H,9-12H2/t15-,19-/m1/s1. The number of nitrogens with zero attached hydrogens (tertiary/aromatic N) is 2. The maximum Gasteiger partial charge on any atom is 0.416 e. The van der Waals surface area contributed by atoms with Crippen molar-refractivity contribution in [3.63, 3.8) is 0 Å². The number of aliphatic hydroxyl groups is 2. The molecule has 1 aliphatic rings. The van der Waals surface area contributed by atoms with E-state index in [0.29, 0.717) is 0 Å². The molecule has 1 heterocycles. The van der Waals surface area contributed by atoms with E-state index < -0.39 is 62.7 Å². The average molecular weight is 474 g/mol. The fourth-order valence-corrected chi connectivity index (χ4v) is 5.05. The molecular formula is C20H18F4N2O5S. The Morgan fingerprint density at radius 2 is 1.88 bits per heavy atom. The van der Waals surface area contributed by atoms with Crippen LogP contribution in [-0.2, 0) is 16.2 Å². The van der Waals surface area contributed by atoms with Crippen LogP contribution in [0.1, 0.15) is 11.1 Å². The molecule has 0 radical (unpaired) electrons. The molecule has 2 aromatic rings. The van der Waals surface area contributed by atoms with Crippen LogP contribution in [0.4, 0.5) is 17.6 Å². The first kappa shape index (κ1) is 23.9. The van der Waals surface area contributed by atoms with Gasteiger partial charge in [0.15, 0.2) is 0 Å². The van der Waals surface area contributed by atoms with Crippen LogP contribution in [0.15, 0.2) is 47.4 Å². The number of β-amino-alcohol motifs (C(OH)–C–C–N with tert-alkyl or cyclic N) is 1. The highest BCUT2D eigenvalue weighted by atomic mass is 32.2. The lowest BCUT2D eigenvalue weighted by molar-refractivity contribution is -0.137. The van der Waals surface area contributed by atoms with Crippen LogP contribution in [0.5, 0.6) is 5.75 Å². The zero-order valence-electron chi connectivity index (χ0n) is 16.4. The Morgan fingerprint density at radius 1 is 1.22 bits per heavy atom. The molecule has 1 aliphatic heterocycles. The van der Waals surface area contributed by atoms with E-state index in [0.717, 1.165) is 46.8 Å². The van der Waals surface area contributed by atoms with Gasteiger partial charge in [-0.05, 0) is 42.5 Å². The maximum atomic E-state index is 13.4. The second kappa shape index (κ2) is 8.67. The minimum Gasteiger partial charge on any atom is -0.493 e. The number of rotatable bonds is 6. The van der Waals surface area contributed by atoms with Crippen LogP contribution >= 0.6 is 0 Å². The third kappa shape index (κ3) is 4.71. The van der Waals surface area contributed by atoms with Gasteiger partial charge >= 0.3 is 6.18 Å². The molecule has 0 unspecified atom stereocenters. The third-order valence-corrected chi connectivity index (χ3v) is 7.09. The molecule has 1 fully saturated rings. The number of aliphatic hydroxyl groups excluding tert-OH is 1. The number of nitriles is 1. The molecule has 0 bridgehead atoms. The summed E-state index contributed by atoms with van der Waals surface area (Å²) in [7, 11) is -4.32. The summed E-state index contributed by atoms with van der Waals surface area (Å²) in [6.07, 6.45) is -4.52. The summed E-state index contributed by atoms with van der Waals surface area (Å²) >= 11 is 0. The molecule has 12 heteroatoms. The fraction of sp³-hybridized carbons (Fsp3) is 0.350. The predicted octanol–water partition coefficient (Wildman–Crippen LogP) is 2.14. The second-order valence-corrected chi connectivity index (χ2v) is 9.25. The number of ether oxygens (including phenoxy) is 1. The Morgan fingerprint density at radius 3 is 2.44 bits per heavy atom. The van der Waals surface area contributed by atoms with Gasteiger partial charge in [-0.1, -0.05) is 0 Å². The lowest BCUT2D eigenvalue weighted by Crippen LogP contribution is -2.44. The van der Waals surface area contributed by atoms with E-state index in [4.69, 9.17) is 10.00 Å². The number of benzene rings is 2. The third-order valence-electron chi connectivity index (χ3n) is 5.22. The monoisotopic (exact) mass is 474 g/mol. The molecule has 2 atom stereocenters. The number of sulfonamides is 1. The van der Waals surface area contributed by atoms with E-state index in [1.54, 1.807) is 6.07 Å². The first-order valence-corrected chi connectivity index (χ1v) is 10.7. The highest BCUT2D eigenvalue weighted by molar-refractivity contribution is 7.89. The lowest BCUT2D eigenvalue weighted by atomic mass is 9.92. The van der Waals surface area contributed by atoms with Crippen molar-refractivity contribution in [1.82, 2.24) is 4.31 Å². The summed E-state index contributed by atoms with van der Waals surface area (Å²) in [6, 6.07) is 8.00. The SMILES string of the molecule is N#Cc1cc(F)ccc1S(=O)(=O)N1C[C@H](COc2ccc(C(F)(F)F)cc2)[C@](O)(CO)C1. The smallest absolute Gasteiger partial charge is 0.416 e. The summed E-state index contributed by atoms with van der Waals surface area (Å²) in [5, 5.41) is 29.5. The first-order chi connectivity index (χ1) is 14.9. The van der Waals surface area contributed by atoms with Crippen LogP contribution in [0.3, 0.4) is 0 Å². The topological polar surface area (TPSA) is 111 Å². The van der Waals surface area contributed by atoms with Crippen LogP contribution in [0, 0.1) is 23.1 Å². The Labute approximate surface area is 181 Å². The number of hydrogen-bond donors (Lipinski definition) is 2. The van der Waals surface area contributed by atoms with Crippen LogP contribution in [0.2, 0.25) is 0 Å². The fourth-order valence-electron chi connectivity index (χ4n) is 3.38. The Kier molecular flexibility index (Phi) is 6.48. The van der Waals surface area contributed by atoms with Gasteiger partial charge in [0.1, 0.15) is 28.1 Å². The van der Waals surface area contributed by atoms with Crippen molar-refractivity contribution < 1.29 is 40.9 Å². The molecule has 0 spiro atoms. The van der Waals surface area contributed by atoms with Crippen LogP contribution in [-0.4, -0.2) is 54.8 Å². The van der Waals surface area contributed by atoms with Gasteiger partial charge in [0.05, 0.1) is 24.3 Å². The van der Waals surface area contributed by atoms with Crippen molar-refractivity contribution in [2.75, 3.05) is 26.3 Å². The van der Waals surface area contributed by atoms with Gasteiger partial charge < -0.3 is 14.9 Å². The van der Waals surface area contributed by atoms with Crippen molar-refractivity contribution in [3.05, 3.63) is 59.4 Å². The first-order valence-electron chi connectivity index (χ1n) is 9.24. The van der Waals surface area contributed by atoms with E-state index in [2.05, 4.69) is 0 Å². The summed E-state index contributed by atoms with van der Waals surface area (Å²) < 4.78 is 83.6.